The highest BCUT2D eigenvalue weighted by atomic mass is 16.7. The lowest BCUT2D eigenvalue weighted by atomic mass is 9.93. The van der Waals surface area contributed by atoms with Gasteiger partial charge >= 0.3 is 0 Å². The van der Waals surface area contributed by atoms with E-state index in [1.807, 2.05) is 26.0 Å². The van der Waals surface area contributed by atoms with Crippen molar-refractivity contribution in [3.05, 3.63) is 54.2 Å². The molecule has 3 aliphatic heterocycles. The number of carbonyl (C=O) groups is 2. The zero-order valence-electron chi connectivity index (χ0n) is 27.6. The minimum atomic E-state index is 0.0750. The van der Waals surface area contributed by atoms with Crippen molar-refractivity contribution in [2.45, 2.75) is 85.6 Å². The molecule has 0 spiro atoms. The number of allylic oxidation sites excluding steroid dienone is 3. The maximum atomic E-state index is 12.5. The fraction of sp³-hybridized carbons (Fsp3) is 0.600. The number of unbranched alkanes of at least 4 members (excludes halogenated alkanes) is 1. The molecule has 4 rings (SSSR count). The average Bonchev–Trinajstić information content (AvgIpc) is 3.71. The first-order valence-corrected chi connectivity index (χ1v) is 15.9. The predicted octanol–water partition coefficient (Wildman–Crippen LogP) is 6.48. The van der Waals surface area contributed by atoms with Crippen molar-refractivity contribution in [1.29, 1.82) is 0 Å². The molecule has 0 radical (unpaired) electrons. The number of fused-ring (bicyclic) bond motifs is 1. The molecule has 0 aliphatic carbocycles. The molecule has 1 aromatic carbocycles. The summed E-state index contributed by atoms with van der Waals surface area (Å²) in [5.74, 6) is 2.83. The van der Waals surface area contributed by atoms with Crippen LogP contribution in [-0.2, 0) is 9.59 Å². The lowest BCUT2D eigenvalue weighted by Gasteiger charge is -2.27. The highest BCUT2D eigenvalue weighted by Gasteiger charge is 2.38. The summed E-state index contributed by atoms with van der Waals surface area (Å²) in [6, 6.07) is 4.60. The molecule has 2 atom stereocenters. The predicted molar refractivity (Wildman–Crippen MR) is 175 cm³/mol. The molecule has 8 heteroatoms. The second-order valence-electron chi connectivity index (χ2n) is 11.8. The second-order valence-corrected chi connectivity index (χ2v) is 11.8. The Bertz CT molecular complexity index is 1100. The van der Waals surface area contributed by atoms with Crippen LogP contribution in [0.25, 0.3) is 0 Å². The molecule has 2 saturated heterocycles. The Morgan fingerprint density at radius 1 is 1.26 bits per heavy atom. The number of rotatable bonds is 13. The van der Waals surface area contributed by atoms with Gasteiger partial charge in [0.25, 0.3) is 0 Å². The van der Waals surface area contributed by atoms with Crippen molar-refractivity contribution in [2.24, 2.45) is 5.41 Å². The van der Waals surface area contributed by atoms with Crippen LogP contribution in [0.2, 0.25) is 0 Å². The molecule has 3 aliphatic rings. The number of methoxy groups -OCH3 is 1. The minimum absolute atomic E-state index is 0.0750. The summed E-state index contributed by atoms with van der Waals surface area (Å²) < 4.78 is 16.9. The van der Waals surface area contributed by atoms with Gasteiger partial charge in [-0.1, -0.05) is 71.9 Å². The number of hydrogen-bond acceptors (Lipinski definition) is 6. The maximum absolute atomic E-state index is 12.5. The zero-order chi connectivity index (χ0) is 31.8. The van der Waals surface area contributed by atoms with Crippen LogP contribution in [0.1, 0.15) is 85.1 Å². The molecule has 43 heavy (non-hydrogen) atoms. The maximum Gasteiger partial charge on any atom is 0.231 e. The van der Waals surface area contributed by atoms with Crippen LogP contribution < -0.4 is 19.5 Å². The Kier molecular flexibility index (Phi) is 15.4. The Morgan fingerprint density at radius 3 is 2.63 bits per heavy atom. The lowest BCUT2D eigenvalue weighted by Crippen LogP contribution is -2.36. The van der Waals surface area contributed by atoms with Gasteiger partial charge in [0.1, 0.15) is 0 Å². The number of amides is 2. The normalized spacial score (nSPS) is 20.8. The first kappa shape index (κ1) is 35.9. The summed E-state index contributed by atoms with van der Waals surface area (Å²) >= 11 is 0. The largest absolute Gasteiger partial charge is 0.493 e. The van der Waals surface area contributed by atoms with Gasteiger partial charge in [0.2, 0.25) is 24.9 Å². The topological polar surface area (TPSA) is 80.3 Å². The van der Waals surface area contributed by atoms with E-state index in [2.05, 4.69) is 73.7 Å². The van der Waals surface area contributed by atoms with Crippen molar-refractivity contribution in [1.82, 2.24) is 15.1 Å². The summed E-state index contributed by atoms with van der Waals surface area (Å²) in [4.78, 5) is 26.7. The van der Waals surface area contributed by atoms with E-state index in [0.717, 1.165) is 76.3 Å². The Morgan fingerprint density at radius 2 is 2.02 bits per heavy atom. The van der Waals surface area contributed by atoms with E-state index in [4.69, 9.17) is 14.2 Å². The van der Waals surface area contributed by atoms with Crippen LogP contribution in [0.15, 0.2) is 48.6 Å². The first-order valence-electron chi connectivity index (χ1n) is 15.9. The van der Waals surface area contributed by atoms with Crippen LogP contribution >= 0.6 is 0 Å². The Balaban J connectivity index is 0.000000631. The number of nitrogens with one attached hydrogen (secondary N) is 1. The van der Waals surface area contributed by atoms with Gasteiger partial charge in [0.05, 0.1) is 7.11 Å². The SMILES string of the molecule is C=C/C=C\C(=C/C)CN1CC(c2cc(OC)c3c(c2)OCO3)CC1CCN1CC(C)(C)CC1=O.CC.CCCCNC=O. The van der Waals surface area contributed by atoms with Gasteiger partial charge in [0.15, 0.2) is 11.5 Å². The molecule has 1 aromatic rings. The molecule has 1 N–H and O–H groups in total. The van der Waals surface area contributed by atoms with Crippen molar-refractivity contribution < 1.29 is 23.8 Å². The van der Waals surface area contributed by atoms with Gasteiger partial charge in [-0.05, 0) is 60.8 Å². The Labute approximate surface area is 260 Å². The summed E-state index contributed by atoms with van der Waals surface area (Å²) in [5, 5.41) is 2.57. The summed E-state index contributed by atoms with van der Waals surface area (Å²) in [7, 11) is 1.67. The van der Waals surface area contributed by atoms with Crippen molar-refractivity contribution in [2.75, 3.05) is 46.6 Å². The molecule has 0 aromatic heterocycles. The van der Waals surface area contributed by atoms with Gasteiger partial charge < -0.3 is 24.4 Å². The van der Waals surface area contributed by atoms with E-state index in [-0.39, 0.29) is 18.1 Å². The van der Waals surface area contributed by atoms with Crippen molar-refractivity contribution in [3.63, 3.8) is 0 Å². The van der Waals surface area contributed by atoms with E-state index < -0.39 is 0 Å². The van der Waals surface area contributed by atoms with Gasteiger partial charge in [-0.25, -0.2) is 0 Å². The number of likely N-dealkylation sites (tertiary alicyclic amines) is 2. The quantitative estimate of drug-likeness (QED) is 0.159. The van der Waals surface area contributed by atoms with Crippen LogP contribution in [0.3, 0.4) is 0 Å². The monoisotopic (exact) mass is 597 g/mol. The number of benzene rings is 1. The molecule has 3 heterocycles. The van der Waals surface area contributed by atoms with E-state index in [1.54, 1.807) is 7.11 Å². The molecule has 8 nitrogen and oxygen atoms in total. The standard InChI is InChI=1S/C28H38N2O4.C5H11NO.C2H6/c1-6-8-9-20(7-2)16-30-17-22(21-13-24(32-5)27-25(14-21)33-19-34-27)12-23(30)10-11-29-18-28(3,4)15-26(29)31;1-2-3-4-6-5-7;1-2/h6-9,13-14,22-23H,1,10-12,15-19H2,2-5H3;5H,2-4H2,1H3,(H,6,7);1-2H3/b9-8-,20-7+;;. The van der Waals surface area contributed by atoms with E-state index >= 15 is 0 Å². The smallest absolute Gasteiger partial charge is 0.231 e. The van der Waals surface area contributed by atoms with Crippen molar-refractivity contribution >= 4 is 12.3 Å². The summed E-state index contributed by atoms with van der Waals surface area (Å²) in [6.07, 6.45) is 13.7. The first-order chi connectivity index (χ1) is 20.7. The zero-order valence-corrected chi connectivity index (χ0v) is 27.6. The van der Waals surface area contributed by atoms with Gasteiger partial charge in [-0.2, -0.15) is 0 Å². The fourth-order valence-corrected chi connectivity index (χ4v) is 5.80. The van der Waals surface area contributed by atoms with Gasteiger partial charge in [-0.15, -0.1) is 0 Å². The van der Waals surface area contributed by atoms with E-state index in [1.165, 1.54) is 11.1 Å². The van der Waals surface area contributed by atoms with Crippen molar-refractivity contribution in [3.8, 4) is 17.2 Å². The highest BCUT2D eigenvalue weighted by Crippen LogP contribution is 2.45. The van der Waals surface area contributed by atoms with Crippen LogP contribution in [0, 0.1) is 5.41 Å². The molecular weight excluding hydrogens is 542 g/mol. The number of nitrogens with zero attached hydrogens (tertiary/aromatic N) is 2. The summed E-state index contributed by atoms with van der Waals surface area (Å²) in [6.45, 7) is 20.9. The average molecular weight is 598 g/mol. The van der Waals surface area contributed by atoms with Crippen LogP contribution in [0.5, 0.6) is 17.2 Å². The molecule has 0 bridgehead atoms. The van der Waals surface area contributed by atoms with Crippen LogP contribution in [0.4, 0.5) is 0 Å². The third-order valence-electron chi connectivity index (χ3n) is 7.97. The Hall–Kier alpha value is -3.26. The van der Waals surface area contributed by atoms with Crippen LogP contribution in [-0.4, -0.2) is 74.8 Å². The highest BCUT2D eigenvalue weighted by molar-refractivity contribution is 5.79. The molecule has 2 amide bonds. The minimum Gasteiger partial charge on any atom is -0.493 e. The van der Waals surface area contributed by atoms with Gasteiger partial charge in [0, 0.05) is 45.2 Å². The van der Waals surface area contributed by atoms with E-state index in [9.17, 15) is 9.59 Å². The third kappa shape index (κ3) is 10.8. The lowest BCUT2D eigenvalue weighted by molar-refractivity contribution is -0.128. The number of ether oxygens (including phenoxy) is 3. The van der Waals surface area contributed by atoms with Gasteiger partial charge in [-0.3, -0.25) is 14.5 Å². The molecule has 2 unspecified atom stereocenters. The molecular formula is C35H55N3O5. The molecule has 2 fully saturated rings. The summed E-state index contributed by atoms with van der Waals surface area (Å²) in [5.41, 5.74) is 2.56. The fourth-order valence-electron chi connectivity index (χ4n) is 5.80. The molecule has 240 valence electrons. The number of hydrogen-bond donors (Lipinski definition) is 1. The number of carbonyl (C=O) groups excluding carboxylic acids is 2. The second kappa shape index (κ2) is 18.4. The third-order valence-corrected chi connectivity index (χ3v) is 7.97. The molecule has 0 saturated carbocycles. The van der Waals surface area contributed by atoms with E-state index in [0.29, 0.717) is 24.1 Å².